The van der Waals surface area contributed by atoms with Crippen LogP contribution in [0.2, 0.25) is 5.02 Å². The molecule has 1 aromatic heterocycles. The van der Waals surface area contributed by atoms with E-state index >= 15 is 0 Å². The Labute approximate surface area is 164 Å². The Balaban J connectivity index is 1.81. The summed E-state index contributed by atoms with van der Waals surface area (Å²) in [7, 11) is 2.06. The molecule has 0 atom stereocenters. The lowest BCUT2D eigenvalue weighted by atomic mass is 9.81. The predicted octanol–water partition coefficient (Wildman–Crippen LogP) is 5.62. The largest absolute Gasteiger partial charge is 0.505 e. The smallest absolute Gasteiger partial charge is 0.209 e. The molecule has 1 aliphatic heterocycles. The van der Waals surface area contributed by atoms with E-state index < -0.39 is 0 Å². The Morgan fingerprint density at radius 2 is 1.93 bits per heavy atom. The van der Waals surface area contributed by atoms with Gasteiger partial charge in [-0.1, -0.05) is 17.7 Å². The first-order valence-electron chi connectivity index (χ1n) is 8.97. The van der Waals surface area contributed by atoms with Crippen LogP contribution in [0, 0.1) is 6.92 Å². The van der Waals surface area contributed by atoms with Gasteiger partial charge >= 0.3 is 0 Å². The van der Waals surface area contributed by atoms with Crippen molar-refractivity contribution in [3.8, 4) is 5.75 Å². The van der Waals surface area contributed by atoms with Crippen molar-refractivity contribution in [3.05, 3.63) is 70.4 Å². The molecule has 3 nitrogen and oxygen atoms in total. The van der Waals surface area contributed by atoms with Crippen LogP contribution >= 0.6 is 11.6 Å². The summed E-state index contributed by atoms with van der Waals surface area (Å²) in [6, 6.07) is 11.9. The summed E-state index contributed by atoms with van der Waals surface area (Å²) in [5, 5.41) is 12.4. The van der Waals surface area contributed by atoms with Gasteiger partial charge in [-0.2, -0.15) is 4.58 Å². The maximum Gasteiger partial charge on any atom is 0.209 e. The van der Waals surface area contributed by atoms with Gasteiger partial charge in [0.2, 0.25) is 5.69 Å². The molecule has 0 fully saturated rings. The van der Waals surface area contributed by atoms with E-state index in [1.807, 2.05) is 43.3 Å². The Hall–Kier alpha value is -2.65. The topological polar surface area (TPSA) is 36.1 Å². The normalized spacial score (nSPS) is 15.7. The number of fused-ring (bicyclic) bond motifs is 2. The summed E-state index contributed by atoms with van der Waals surface area (Å²) in [4.78, 5) is 4.35. The Kier molecular flexibility index (Phi) is 4.08. The molecule has 3 aromatic rings. The fourth-order valence-corrected chi connectivity index (χ4v) is 4.20. The van der Waals surface area contributed by atoms with Crippen molar-refractivity contribution in [2.45, 2.75) is 26.2 Å². The lowest BCUT2D eigenvalue weighted by Crippen LogP contribution is -2.26. The highest BCUT2D eigenvalue weighted by molar-refractivity contribution is 6.30. The number of hydrogen-bond donors (Lipinski definition) is 1. The molecule has 0 aliphatic carbocycles. The molecule has 136 valence electrons. The summed E-state index contributed by atoms with van der Waals surface area (Å²) in [5.41, 5.74) is 5.83. The highest BCUT2D eigenvalue weighted by Gasteiger charge is 2.42. The van der Waals surface area contributed by atoms with Gasteiger partial charge in [-0.25, -0.2) is 0 Å². The molecule has 0 spiro atoms. The van der Waals surface area contributed by atoms with Crippen LogP contribution < -0.4 is 0 Å². The van der Waals surface area contributed by atoms with E-state index in [-0.39, 0.29) is 11.2 Å². The molecule has 4 heteroatoms. The second-order valence-corrected chi connectivity index (χ2v) is 8.03. The monoisotopic (exact) mass is 377 g/mol. The molecular weight excluding hydrogens is 356 g/mol. The highest BCUT2D eigenvalue weighted by atomic mass is 35.5. The zero-order valence-electron chi connectivity index (χ0n) is 15.9. The minimum absolute atomic E-state index is 0.175. The van der Waals surface area contributed by atoms with Crippen LogP contribution in [0.3, 0.4) is 0 Å². The van der Waals surface area contributed by atoms with E-state index in [1.54, 1.807) is 6.20 Å². The van der Waals surface area contributed by atoms with E-state index in [2.05, 4.69) is 42.6 Å². The number of allylic oxidation sites excluding steroid dienone is 1. The van der Waals surface area contributed by atoms with Crippen LogP contribution in [0.4, 0.5) is 5.69 Å². The van der Waals surface area contributed by atoms with Crippen molar-refractivity contribution >= 4 is 40.0 Å². The lowest BCUT2D eigenvalue weighted by molar-refractivity contribution is -0.401. The van der Waals surface area contributed by atoms with Gasteiger partial charge in [0.05, 0.1) is 5.41 Å². The molecule has 0 unspecified atom stereocenters. The second-order valence-electron chi connectivity index (χ2n) is 7.59. The molecule has 0 bridgehead atoms. The summed E-state index contributed by atoms with van der Waals surface area (Å²) in [6.45, 7) is 6.42. The number of aromatic nitrogens is 1. The van der Waals surface area contributed by atoms with Crippen LogP contribution in [0.1, 0.15) is 30.5 Å². The van der Waals surface area contributed by atoms with Gasteiger partial charge in [0, 0.05) is 39.9 Å². The van der Waals surface area contributed by atoms with Crippen molar-refractivity contribution in [3.63, 3.8) is 0 Å². The number of benzene rings is 2. The number of phenolic OH excluding ortho intramolecular Hbond substituents is 1. The number of pyridine rings is 1. The third kappa shape index (κ3) is 2.74. The predicted molar refractivity (Wildman–Crippen MR) is 113 cm³/mol. The van der Waals surface area contributed by atoms with Gasteiger partial charge in [0.25, 0.3) is 0 Å². The number of phenols is 1. The number of aromatic hydroxyl groups is 1. The van der Waals surface area contributed by atoms with Gasteiger partial charge in [0.1, 0.15) is 18.3 Å². The van der Waals surface area contributed by atoms with Gasteiger partial charge in [0.15, 0.2) is 5.71 Å². The van der Waals surface area contributed by atoms with Crippen molar-refractivity contribution in [1.29, 1.82) is 0 Å². The first-order chi connectivity index (χ1) is 12.8. The van der Waals surface area contributed by atoms with Crippen LogP contribution in [0.5, 0.6) is 5.75 Å². The summed E-state index contributed by atoms with van der Waals surface area (Å²) in [6.07, 6.45) is 5.76. The molecule has 0 radical (unpaired) electrons. The summed E-state index contributed by atoms with van der Waals surface area (Å²) >= 11 is 6.23. The average Bonchev–Trinajstić information content (AvgIpc) is 2.83. The number of rotatable bonds is 2. The van der Waals surface area contributed by atoms with Gasteiger partial charge < -0.3 is 5.11 Å². The molecule has 27 heavy (non-hydrogen) atoms. The van der Waals surface area contributed by atoms with Crippen molar-refractivity contribution in [2.75, 3.05) is 7.05 Å². The zero-order chi connectivity index (χ0) is 19.3. The molecule has 4 rings (SSSR count). The molecule has 0 saturated heterocycles. The van der Waals surface area contributed by atoms with Crippen molar-refractivity contribution in [2.24, 2.45) is 0 Å². The quantitative estimate of drug-likeness (QED) is 0.588. The second kappa shape index (κ2) is 6.21. The van der Waals surface area contributed by atoms with Gasteiger partial charge in [-0.15, -0.1) is 0 Å². The molecule has 2 heterocycles. The fraction of sp³-hybridized carbons (Fsp3) is 0.217. The van der Waals surface area contributed by atoms with E-state index in [0.29, 0.717) is 5.52 Å². The van der Waals surface area contributed by atoms with Crippen LogP contribution in [-0.2, 0) is 5.41 Å². The van der Waals surface area contributed by atoms with E-state index in [1.165, 1.54) is 5.56 Å². The van der Waals surface area contributed by atoms with E-state index in [4.69, 9.17) is 11.6 Å². The summed E-state index contributed by atoms with van der Waals surface area (Å²) < 4.78 is 2.19. The number of nitrogens with zero attached hydrogens (tertiary/aromatic N) is 2. The lowest BCUT2D eigenvalue weighted by Gasteiger charge is -2.15. The number of halogens is 1. The minimum atomic E-state index is -0.175. The van der Waals surface area contributed by atoms with Crippen LogP contribution in [-0.4, -0.2) is 27.4 Å². The molecule has 1 N–H and O–H groups in total. The van der Waals surface area contributed by atoms with Gasteiger partial charge in [-0.3, -0.25) is 4.98 Å². The molecular formula is C23H22ClN2O+. The van der Waals surface area contributed by atoms with Gasteiger partial charge in [-0.05, 0) is 56.7 Å². The molecule has 0 amide bonds. The SMILES string of the molecule is Cc1cc(/C=C/C2=[N+](C)c3ccc(Cl)cc3C2(C)C)c(O)c2ncccc12. The molecule has 0 saturated carbocycles. The third-order valence-electron chi connectivity index (χ3n) is 5.52. The number of aryl methyl sites for hydroxylation is 1. The van der Waals surface area contributed by atoms with Crippen molar-refractivity contribution in [1.82, 2.24) is 4.98 Å². The Bertz CT molecular complexity index is 1140. The fourth-order valence-electron chi connectivity index (χ4n) is 4.03. The third-order valence-corrected chi connectivity index (χ3v) is 5.75. The van der Waals surface area contributed by atoms with E-state index in [9.17, 15) is 5.11 Å². The molecule has 1 aliphatic rings. The minimum Gasteiger partial charge on any atom is -0.505 e. The maximum atomic E-state index is 10.7. The van der Waals surface area contributed by atoms with E-state index in [0.717, 1.165) is 32.9 Å². The molecule has 2 aromatic carbocycles. The Morgan fingerprint density at radius 1 is 1.15 bits per heavy atom. The number of hydrogen-bond acceptors (Lipinski definition) is 2. The van der Waals surface area contributed by atoms with Crippen molar-refractivity contribution < 1.29 is 9.68 Å². The Morgan fingerprint density at radius 3 is 2.70 bits per heavy atom. The zero-order valence-corrected chi connectivity index (χ0v) is 16.7. The summed E-state index contributed by atoms with van der Waals surface area (Å²) in [5.74, 6) is 0.215. The maximum absolute atomic E-state index is 10.7. The highest BCUT2D eigenvalue weighted by Crippen LogP contribution is 2.41. The standard InChI is InChI=1S/C23H21ClN2O/c1-14-12-15(22(27)21-17(14)6-5-11-25-21)7-10-20-23(2,3)18-13-16(24)8-9-19(18)26(20)4/h5-13H,1-4H3/p+1. The average molecular weight is 378 g/mol. The van der Waals surface area contributed by atoms with Crippen LogP contribution in [0.15, 0.2) is 48.7 Å². The first-order valence-corrected chi connectivity index (χ1v) is 9.35. The van der Waals surface area contributed by atoms with Crippen LogP contribution in [0.25, 0.3) is 17.0 Å². The first kappa shape index (κ1) is 17.7.